The molecule has 302 valence electrons. The second kappa shape index (κ2) is 18.2. The number of fused-ring (bicyclic) bond motifs is 2. The lowest BCUT2D eigenvalue weighted by molar-refractivity contribution is -0.122. The van der Waals surface area contributed by atoms with Crippen LogP contribution in [0.5, 0.6) is 5.75 Å². The first-order valence-electron chi connectivity index (χ1n) is 18.1. The number of methoxy groups -OCH3 is 2. The van der Waals surface area contributed by atoms with Gasteiger partial charge in [0.15, 0.2) is 0 Å². The highest BCUT2D eigenvalue weighted by Gasteiger charge is 2.66. The van der Waals surface area contributed by atoms with Gasteiger partial charge in [0, 0.05) is 36.2 Å². The van der Waals surface area contributed by atoms with Crippen molar-refractivity contribution in [2.45, 2.75) is 70.2 Å². The van der Waals surface area contributed by atoms with Crippen LogP contribution in [-0.2, 0) is 38.7 Å². The van der Waals surface area contributed by atoms with E-state index in [2.05, 4.69) is 16.0 Å². The molecule has 56 heavy (non-hydrogen) atoms. The summed E-state index contributed by atoms with van der Waals surface area (Å²) in [6, 6.07) is 11.9. The summed E-state index contributed by atoms with van der Waals surface area (Å²) in [5, 5.41) is 9.48. The first-order valence-corrected chi connectivity index (χ1v) is 18.8. The molecule has 0 aliphatic carbocycles. The number of hydrogen-bond acceptors (Lipinski definition) is 11. The van der Waals surface area contributed by atoms with E-state index in [1.807, 2.05) is 20.8 Å². The van der Waals surface area contributed by atoms with Crippen molar-refractivity contribution in [3.05, 3.63) is 87.2 Å². The van der Waals surface area contributed by atoms with Crippen molar-refractivity contribution in [3.63, 3.8) is 0 Å². The number of halogens is 3. The summed E-state index contributed by atoms with van der Waals surface area (Å²) >= 11 is 12.7. The summed E-state index contributed by atoms with van der Waals surface area (Å²) in [6.07, 6.45) is -1.74. The summed E-state index contributed by atoms with van der Waals surface area (Å²) in [5.41, 5.74) is -0.464. The third-order valence-corrected chi connectivity index (χ3v) is 10.1. The van der Waals surface area contributed by atoms with Gasteiger partial charge in [-0.25, -0.2) is 14.0 Å². The second-order valence-corrected chi connectivity index (χ2v) is 15.4. The van der Waals surface area contributed by atoms with Crippen molar-refractivity contribution >= 4 is 58.5 Å². The molecule has 0 saturated carbocycles. The van der Waals surface area contributed by atoms with Gasteiger partial charge >= 0.3 is 12.1 Å². The van der Waals surface area contributed by atoms with E-state index in [0.29, 0.717) is 35.9 Å². The Hall–Kier alpha value is -4.47. The smallest absolute Gasteiger partial charge is 0.495 e. The Bertz CT molecular complexity index is 1940. The molecule has 13 nitrogen and oxygen atoms in total. The van der Waals surface area contributed by atoms with Crippen LogP contribution in [0.3, 0.4) is 0 Å². The van der Waals surface area contributed by atoms with Crippen molar-refractivity contribution in [3.8, 4) is 5.75 Å². The molecule has 2 amide bonds. The van der Waals surface area contributed by atoms with Gasteiger partial charge in [0.1, 0.15) is 23.6 Å². The van der Waals surface area contributed by atoms with Crippen LogP contribution in [0, 0.1) is 11.2 Å². The Morgan fingerprint density at radius 1 is 0.982 bits per heavy atom. The van der Waals surface area contributed by atoms with E-state index in [1.54, 1.807) is 31.2 Å². The van der Waals surface area contributed by atoms with Crippen molar-refractivity contribution in [1.82, 2.24) is 5.32 Å². The quantitative estimate of drug-likeness (QED) is 0.0807. The maximum absolute atomic E-state index is 16.2. The standard InChI is InChI=1S/C40H46Cl2FN3O10/c1-7-31(56-38(50)54-18-17-53-16-15-51-5)55-36(48)22-11-14-27(29(19-22)52-6)44-35(47)34-32(24-9-8-10-26(42)33(24)43)40(30(46-34)21-39(2,3)4)25-13-12-23(41)20-28(25)45-37(40)49/h8-14,19-20,30-32,34,46H,7,15-18,21H2,1-6H3,(H,44,47)(H,45,49)/t30-,31?,32-,34+,40+/m0/s1. The zero-order chi connectivity index (χ0) is 40.8. The van der Waals surface area contributed by atoms with E-state index in [1.165, 1.54) is 44.6 Å². The van der Waals surface area contributed by atoms with E-state index >= 15 is 4.39 Å². The van der Waals surface area contributed by atoms with Gasteiger partial charge in [-0.1, -0.05) is 69.1 Å². The predicted molar refractivity (Wildman–Crippen MR) is 207 cm³/mol. The lowest BCUT2D eigenvalue weighted by Crippen LogP contribution is -2.49. The Labute approximate surface area is 334 Å². The zero-order valence-corrected chi connectivity index (χ0v) is 33.5. The second-order valence-electron chi connectivity index (χ2n) is 14.6. The average Bonchev–Trinajstić information content (AvgIpc) is 3.62. The predicted octanol–water partition coefficient (Wildman–Crippen LogP) is 7.24. The monoisotopic (exact) mass is 817 g/mol. The summed E-state index contributed by atoms with van der Waals surface area (Å²) < 4.78 is 47.3. The van der Waals surface area contributed by atoms with Gasteiger partial charge in [-0.3, -0.25) is 9.59 Å². The molecule has 1 spiro atoms. The number of amides is 2. The van der Waals surface area contributed by atoms with Crippen LogP contribution >= 0.6 is 23.2 Å². The molecule has 3 N–H and O–H groups in total. The molecule has 1 unspecified atom stereocenters. The van der Waals surface area contributed by atoms with Crippen molar-refractivity contribution in [2.75, 3.05) is 51.3 Å². The van der Waals surface area contributed by atoms with Crippen molar-refractivity contribution < 1.29 is 52.0 Å². The summed E-state index contributed by atoms with van der Waals surface area (Å²) in [6.45, 7) is 8.47. The van der Waals surface area contributed by atoms with E-state index in [9.17, 15) is 19.2 Å². The van der Waals surface area contributed by atoms with E-state index in [-0.39, 0.29) is 52.6 Å². The number of hydrogen-bond donors (Lipinski definition) is 3. The van der Waals surface area contributed by atoms with Gasteiger partial charge < -0.3 is 44.4 Å². The minimum atomic E-state index is -1.46. The molecule has 5 atom stereocenters. The molecule has 0 bridgehead atoms. The Balaban J connectivity index is 1.41. The molecule has 2 heterocycles. The molecule has 2 aliphatic heterocycles. The van der Waals surface area contributed by atoms with Crippen LogP contribution in [0.25, 0.3) is 0 Å². The van der Waals surface area contributed by atoms with Gasteiger partial charge in [0.2, 0.25) is 11.8 Å². The molecular formula is C40H46Cl2FN3O10. The number of benzene rings is 3. The molecular weight excluding hydrogens is 772 g/mol. The molecule has 3 aromatic carbocycles. The van der Waals surface area contributed by atoms with Crippen LogP contribution in [0.1, 0.15) is 67.9 Å². The van der Waals surface area contributed by atoms with Crippen LogP contribution in [0.4, 0.5) is 20.6 Å². The normalized spacial score (nSPS) is 20.6. The third kappa shape index (κ3) is 9.21. The first kappa shape index (κ1) is 42.7. The highest BCUT2D eigenvalue weighted by atomic mass is 35.5. The van der Waals surface area contributed by atoms with Crippen LogP contribution in [0.15, 0.2) is 54.6 Å². The van der Waals surface area contributed by atoms with Gasteiger partial charge in [0.05, 0.1) is 49.2 Å². The summed E-state index contributed by atoms with van der Waals surface area (Å²) in [7, 11) is 2.89. The van der Waals surface area contributed by atoms with E-state index in [4.69, 9.17) is 51.6 Å². The highest BCUT2D eigenvalue weighted by Crippen LogP contribution is 2.57. The molecule has 5 rings (SSSR count). The third-order valence-electron chi connectivity index (χ3n) is 9.59. The number of carbonyl (C=O) groups is 4. The lowest BCUT2D eigenvalue weighted by Gasteiger charge is -2.37. The molecule has 3 aromatic rings. The number of ether oxygens (including phenoxy) is 6. The molecule has 0 radical (unpaired) electrons. The summed E-state index contributed by atoms with van der Waals surface area (Å²) in [5.74, 6) is -3.59. The largest absolute Gasteiger partial charge is 0.511 e. The Morgan fingerprint density at radius 2 is 1.73 bits per heavy atom. The van der Waals surface area contributed by atoms with Crippen LogP contribution < -0.4 is 20.7 Å². The van der Waals surface area contributed by atoms with Crippen molar-refractivity contribution in [2.24, 2.45) is 5.41 Å². The fourth-order valence-corrected chi connectivity index (χ4v) is 7.59. The minimum absolute atomic E-state index is 0.0294. The molecule has 0 aromatic heterocycles. The van der Waals surface area contributed by atoms with Gasteiger partial charge in [-0.2, -0.15) is 0 Å². The van der Waals surface area contributed by atoms with Crippen molar-refractivity contribution in [1.29, 1.82) is 0 Å². The molecule has 16 heteroatoms. The first-order chi connectivity index (χ1) is 26.6. The maximum Gasteiger partial charge on any atom is 0.511 e. The maximum atomic E-state index is 16.2. The SMILES string of the molecule is CCC(OC(=O)OCCOCCOC)OC(=O)c1ccc(NC(=O)[C@@H]2N[C@@H](CC(C)(C)C)[C@@]3(C(=O)Nc4cc(Cl)ccc43)[C@H]2c2cccc(Cl)c2F)c(OC)c1. The van der Waals surface area contributed by atoms with Crippen LogP contribution in [0.2, 0.25) is 10.0 Å². The topological polar surface area (TPSA) is 160 Å². The fourth-order valence-electron chi connectivity index (χ4n) is 7.23. The Morgan fingerprint density at radius 3 is 2.43 bits per heavy atom. The van der Waals surface area contributed by atoms with E-state index in [0.717, 1.165) is 0 Å². The number of anilines is 2. The molecule has 2 aliphatic rings. The zero-order valence-electron chi connectivity index (χ0n) is 32.0. The average molecular weight is 819 g/mol. The number of esters is 1. The fraction of sp³-hybridized carbons (Fsp3) is 0.450. The van der Waals surface area contributed by atoms with Gasteiger partial charge in [-0.05, 0) is 59.4 Å². The minimum Gasteiger partial charge on any atom is -0.495 e. The highest BCUT2D eigenvalue weighted by molar-refractivity contribution is 6.31. The number of rotatable bonds is 15. The molecule has 1 fully saturated rings. The number of nitrogens with one attached hydrogen (secondary N) is 3. The lowest BCUT2D eigenvalue weighted by atomic mass is 9.62. The van der Waals surface area contributed by atoms with E-state index < -0.39 is 59.5 Å². The Kier molecular flexibility index (Phi) is 13.9. The molecule has 1 saturated heterocycles. The van der Waals surface area contributed by atoms with Gasteiger partial charge in [-0.15, -0.1) is 0 Å². The van der Waals surface area contributed by atoms with Crippen LogP contribution in [-0.4, -0.2) is 83.0 Å². The number of carbonyl (C=O) groups excluding carboxylic acids is 4. The summed E-state index contributed by atoms with van der Waals surface area (Å²) in [4.78, 5) is 54.3. The van der Waals surface area contributed by atoms with Gasteiger partial charge in [0.25, 0.3) is 6.29 Å².